The summed E-state index contributed by atoms with van der Waals surface area (Å²) >= 11 is 6.08. The van der Waals surface area contributed by atoms with E-state index in [0.29, 0.717) is 17.9 Å². The summed E-state index contributed by atoms with van der Waals surface area (Å²) < 4.78 is 2.36. The molecule has 1 saturated heterocycles. The van der Waals surface area contributed by atoms with Crippen molar-refractivity contribution in [1.29, 1.82) is 0 Å². The normalized spacial score (nSPS) is 17.9. The Bertz CT molecular complexity index is 599. The van der Waals surface area contributed by atoms with E-state index in [1.54, 1.807) is 0 Å². The number of benzene rings is 1. The molecule has 0 saturated carbocycles. The first-order chi connectivity index (χ1) is 9.08. The van der Waals surface area contributed by atoms with Crippen molar-refractivity contribution in [2.24, 2.45) is 5.92 Å². The lowest BCUT2D eigenvalue weighted by Gasteiger charge is -2.33. The van der Waals surface area contributed by atoms with Crippen LogP contribution in [0.4, 0.5) is 0 Å². The molecular weight excluding hydrogens is 258 g/mol. The Morgan fingerprint density at radius 3 is 2.63 bits per heavy atom. The number of nitrogens with zero attached hydrogens (tertiary/aromatic N) is 2. The maximum absolute atomic E-state index is 6.08. The Morgan fingerprint density at radius 1 is 1.32 bits per heavy atom. The molecule has 102 valence electrons. The highest BCUT2D eigenvalue weighted by Crippen LogP contribution is 2.32. The van der Waals surface area contributed by atoms with E-state index >= 15 is 0 Å². The first kappa shape index (κ1) is 12.9. The highest BCUT2D eigenvalue weighted by Gasteiger charge is 2.29. The van der Waals surface area contributed by atoms with E-state index in [4.69, 9.17) is 16.6 Å². The van der Waals surface area contributed by atoms with Crippen molar-refractivity contribution >= 4 is 22.6 Å². The molecule has 2 heterocycles. The number of hydrogen-bond donors (Lipinski definition) is 1. The van der Waals surface area contributed by atoms with Crippen molar-refractivity contribution in [2.75, 3.05) is 13.1 Å². The highest BCUT2D eigenvalue weighted by molar-refractivity contribution is 6.31. The second-order valence-corrected chi connectivity index (χ2v) is 6.21. The summed E-state index contributed by atoms with van der Waals surface area (Å²) in [6, 6.07) is 6.41. The van der Waals surface area contributed by atoms with Crippen LogP contribution in [0.5, 0.6) is 0 Å². The third-order valence-electron chi connectivity index (χ3n) is 4.12. The molecular formula is C15H20ClN3. The fourth-order valence-corrected chi connectivity index (χ4v) is 3.00. The van der Waals surface area contributed by atoms with E-state index in [9.17, 15) is 0 Å². The number of rotatable bonds is 3. The van der Waals surface area contributed by atoms with Gasteiger partial charge >= 0.3 is 0 Å². The van der Waals surface area contributed by atoms with Gasteiger partial charge in [0.25, 0.3) is 0 Å². The summed E-state index contributed by atoms with van der Waals surface area (Å²) in [5.74, 6) is 2.37. The lowest BCUT2D eigenvalue weighted by molar-refractivity contribution is 0.289. The molecule has 2 aromatic rings. The van der Waals surface area contributed by atoms with Crippen LogP contribution in [0.25, 0.3) is 11.0 Å². The van der Waals surface area contributed by atoms with Gasteiger partial charge in [0.15, 0.2) is 0 Å². The predicted molar refractivity (Wildman–Crippen MR) is 79.9 cm³/mol. The molecule has 0 bridgehead atoms. The minimum atomic E-state index is 0.414. The van der Waals surface area contributed by atoms with Crippen LogP contribution in [0.3, 0.4) is 0 Å². The average molecular weight is 278 g/mol. The third kappa shape index (κ3) is 2.15. The Balaban J connectivity index is 2.13. The van der Waals surface area contributed by atoms with Gasteiger partial charge in [0, 0.05) is 17.0 Å². The van der Waals surface area contributed by atoms with E-state index in [2.05, 4.69) is 36.7 Å². The molecule has 0 amide bonds. The summed E-state index contributed by atoms with van der Waals surface area (Å²) in [5, 5.41) is 4.10. The van der Waals surface area contributed by atoms with Crippen molar-refractivity contribution < 1.29 is 0 Å². The van der Waals surface area contributed by atoms with Gasteiger partial charge in [-0.15, -0.1) is 0 Å². The second-order valence-electron chi connectivity index (χ2n) is 5.77. The van der Waals surface area contributed by atoms with Gasteiger partial charge < -0.3 is 9.88 Å². The highest BCUT2D eigenvalue weighted by atomic mass is 35.5. The predicted octanol–water partition coefficient (Wildman–Crippen LogP) is 3.59. The molecule has 1 unspecified atom stereocenters. The number of aromatic nitrogens is 2. The summed E-state index contributed by atoms with van der Waals surface area (Å²) in [4.78, 5) is 4.85. The molecule has 4 heteroatoms. The lowest BCUT2D eigenvalue weighted by Crippen LogP contribution is -2.45. The minimum Gasteiger partial charge on any atom is -0.325 e. The fraction of sp³-hybridized carbons (Fsp3) is 0.533. The maximum atomic E-state index is 6.08. The van der Waals surface area contributed by atoms with Crippen LogP contribution in [0, 0.1) is 5.92 Å². The number of nitrogens with one attached hydrogen (secondary N) is 1. The molecule has 1 aromatic heterocycles. The van der Waals surface area contributed by atoms with Gasteiger partial charge in [-0.1, -0.05) is 18.5 Å². The van der Waals surface area contributed by atoms with Gasteiger partial charge in [-0.2, -0.15) is 0 Å². The van der Waals surface area contributed by atoms with Crippen molar-refractivity contribution in [3.63, 3.8) is 0 Å². The third-order valence-corrected chi connectivity index (χ3v) is 4.36. The first-order valence-corrected chi connectivity index (χ1v) is 7.34. The monoisotopic (exact) mass is 277 g/mol. The topological polar surface area (TPSA) is 29.9 Å². The molecule has 1 N–H and O–H groups in total. The summed E-state index contributed by atoms with van der Waals surface area (Å²) in [6.07, 6.45) is 0. The van der Waals surface area contributed by atoms with Crippen LogP contribution in [0.2, 0.25) is 5.02 Å². The summed E-state index contributed by atoms with van der Waals surface area (Å²) in [7, 11) is 0. The van der Waals surface area contributed by atoms with Crippen LogP contribution in [-0.4, -0.2) is 22.6 Å². The Kier molecular flexibility index (Phi) is 3.27. The Morgan fingerprint density at radius 2 is 2.05 bits per heavy atom. The van der Waals surface area contributed by atoms with E-state index in [0.717, 1.165) is 23.6 Å². The molecule has 1 atom stereocenters. The standard InChI is InChI=1S/C15H20ClN3/c1-9(2)19-14-5-4-12(16)6-13(14)18-15(19)10(3)11-7-17-8-11/h4-6,9-11,17H,7-8H2,1-3H3. The summed E-state index contributed by atoms with van der Waals surface area (Å²) in [5.41, 5.74) is 2.20. The molecule has 1 aliphatic rings. The zero-order chi connectivity index (χ0) is 13.6. The minimum absolute atomic E-state index is 0.414. The zero-order valence-electron chi connectivity index (χ0n) is 11.7. The Labute approximate surface area is 119 Å². The van der Waals surface area contributed by atoms with Gasteiger partial charge in [0.2, 0.25) is 0 Å². The zero-order valence-corrected chi connectivity index (χ0v) is 12.4. The smallest absolute Gasteiger partial charge is 0.113 e. The van der Waals surface area contributed by atoms with Crippen LogP contribution >= 0.6 is 11.6 Å². The van der Waals surface area contributed by atoms with Gasteiger partial charge in [0.1, 0.15) is 5.82 Å². The van der Waals surface area contributed by atoms with Gasteiger partial charge in [-0.25, -0.2) is 4.98 Å². The van der Waals surface area contributed by atoms with Gasteiger partial charge in [-0.05, 0) is 51.1 Å². The van der Waals surface area contributed by atoms with E-state index in [1.165, 1.54) is 11.3 Å². The number of hydrogen-bond acceptors (Lipinski definition) is 2. The molecule has 0 spiro atoms. The molecule has 3 nitrogen and oxygen atoms in total. The molecule has 0 aliphatic carbocycles. The SMILES string of the molecule is CC(c1nc2cc(Cl)ccc2n1C(C)C)C1CNC1. The molecule has 1 aliphatic heterocycles. The molecule has 3 rings (SSSR count). The van der Waals surface area contributed by atoms with Crippen LogP contribution in [0.15, 0.2) is 18.2 Å². The van der Waals surface area contributed by atoms with Crippen LogP contribution in [0.1, 0.15) is 38.6 Å². The fourth-order valence-electron chi connectivity index (χ4n) is 2.83. The van der Waals surface area contributed by atoms with E-state index in [1.807, 2.05) is 12.1 Å². The van der Waals surface area contributed by atoms with Crippen molar-refractivity contribution in [1.82, 2.24) is 14.9 Å². The molecule has 1 fully saturated rings. The molecule has 0 radical (unpaired) electrons. The summed E-state index contributed by atoms with van der Waals surface area (Å²) in [6.45, 7) is 8.91. The van der Waals surface area contributed by atoms with E-state index < -0.39 is 0 Å². The Hall–Kier alpha value is -1.06. The van der Waals surface area contributed by atoms with E-state index in [-0.39, 0.29) is 0 Å². The maximum Gasteiger partial charge on any atom is 0.113 e. The van der Waals surface area contributed by atoms with Crippen LogP contribution in [-0.2, 0) is 0 Å². The van der Waals surface area contributed by atoms with Crippen LogP contribution < -0.4 is 5.32 Å². The lowest BCUT2D eigenvalue weighted by atomic mass is 9.88. The number of halogens is 1. The number of imidazole rings is 1. The van der Waals surface area contributed by atoms with Crippen molar-refractivity contribution in [3.05, 3.63) is 29.0 Å². The van der Waals surface area contributed by atoms with Crippen molar-refractivity contribution in [2.45, 2.75) is 32.7 Å². The average Bonchev–Trinajstić information content (AvgIpc) is 2.64. The first-order valence-electron chi connectivity index (χ1n) is 6.96. The molecule has 1 aromatic carbocycles. The quantitative estimate of drug-likeness (QED) is 0.929. The largest absolute Gasteiger partial charge is 0.325 e. The van der Waals surface area contributed by atoms with Gasteiger partial charge in [-0.3, -0.25) is 0 Å². The number of fused-ring (bicyclic) bond motifs is 1. The second kappa shape index (κ2) is 4.80. The molecule has 19 heavy (non-hydrogen) atoms. The van der Waals surface area contributed by atoms with Gasteiger partial charge in [0.05, 0.1) is 11.0 Å². The van der Waals surface area contributed by atoms with Crippen molar-refractivity contribution in [3.8, 4) is 0 Å².